The van der Waals surface area contributed by atoms with Crippen molar-refractivity contribution in [3.05, 3.63) is 48.5 Å². The van der Waals surface area contributed by atoms with Crippen molar-refractivity contribution in [3.8, 4) is 11.5 Å². The Morgan fingerprint density at radius 2 is 1.66 bits per heavy atom. The summed E-state index contributed by atoms with van der Waals surface area (Å²) in [5.41, 5.74) is 0.0000981. The van der Waals surface area contributed by atoms with E-state index in [0.29, 0.717) is 42.5 Å². The van der Waals surface area contributed by atoms with Crippen molar-refractivity contribution < 1.29 is 28.6 Å². The van der Waals surface area contributed by atoms with Crippen molar-refractivity contribution in [1.82, 2.24) is 0 Å². The molecule has 0 aliphatic carbocycles. The second kappa shape index (κ2) is 10.2. The number of ether oxygens (including phenoxy) is 3. The number of nitrogens with zero attached hydrogens (tertiary/aromatic N) is 1. The van der Waals surface area contributed by atoms with Gasteiger partial charge in [-0.2, -0.15) is 0 Å². The fourth-order valence-electron chi connectivity index (χ4n) is 3.42. The summed E-state index contributed by atoms with van der Waals surface area (Å²) < 4.78 is 16.4. The molecule has 1 aliphatic heterocycles. The molecule has 3 rings (SSSR count). The Morgan fingerprint density at radius 1 is 1.00 bits per heavy atom. The summed E-state index contributed by atoms with van der Waals surface area (Å²) in [6, 6.07) is 14.3. The van der Waals surface area contributed by atoms with Crippen LogP contribution >= 0.6 is 0 Å². The van der Waals surface area contributed by atoms with E-state index in [2.05, 4.69) is 5.32 Å². The van der Waals surface area contributed by atoms with Gasteiger partial charge in [0.15, 0.2) is 18.1 Å². The summed E-state index contributed by atoms with van der Waals surface area (Å²) in [6.07, 6.45) is 0.526. The van der Waals surface area contributed by atoms with E-state index in [0.717, 1.165) is 0 Å². The zero-order valence-electron chi connectivity index (χ0n) is 18.6. The summed E-state index contributed by atoms with van der Waals surface area (Å²) >= 11 is 0. The number of anilines is 2. The molecule has 0 unspecified atom stereocenters. The van der Waals surface area contributed by atoms with Crippen LogP contribution in [0.15, 0.2) is 48.5 Å². The summed E-state index contributed by atoms with van der Waals surface area (Å²) in [6.45, 7) is 5.58. The first-order valence-corrected chi connectivity index (χ1v) is 10.6. The van der Waals surface area contributed by atoms with Gasteiger partial charge in [0, 0.05) is 6.42 Å². The second-order valence-electron chi connectivity index (χ2n) is 7.75. The molecule has 2 aromatic rings. The second-order valence-corrected chi connectivity index (χ2v) is 7.75. The fourth-order valence-corrected chi connectivity index (χ4v) is 3.42. The number of amides is 2. The summed E-state index contributed by atoms with van der Waals surface area (Å²) in [5, 5.41) is 2.80. The molecule has 32 heavy (non-hydrogen) atoms. The number of nitrogens with one attached hydrogen (secondary N) is 1. The molecule has 0 bridgehead atoms. The molecule has 0 saturated carbocycles. The molecule has 170 valence electrons. The van der Waals surface area contributed by atoms with Gasteiger partial charge < -0.3 is 19.5 Å². The smallest absolute Gasteiger partial charge is 0.306 e. The predicted octanol–water partition coefficient (Wildman–Crippen LogP) is 3.55. The topological polar surface area (TPSA) is 94.2 Å². The van der Waals surface area contributed by atoms with Crippen molar-refractivity contribution in [2.75, 3.05) is 30.0 Å². The molecule has 1 heterocycles. The van der Waals surface area contributed by atoms with Gasteiger partial charge in [0.1, 0.15) is 5.54 Å². The van der Waals surface area contributed by atoms with Gasteiger partial charge in [-0.25, -0.2) is 0 Å². The molecule has 0 radical (unpaired) electrons. The Kier molecular flexibility index (Phi) is 7.35. The van der Waals surface area contributed by atoms with Crippen molar-refractivity contribution in [2.45, 2.75) is 39.2 Å². The number of carbonyl (C=O) groups excluding carboxylic acids is 3. The van der Waals surface area contributed by atoms with Crippen LogP contribution in [0.1, 0.15) is 33.6 Å². The van der Waals surface area contributed by atoms with Crippen LogP contribution in [-0.4, -0.2) is 43.1 Å². The molecule has 1 N–H and O–H groups in total. The van der Waals surface area contributed by atoms with Crippen LogP contribution in [0.5, 0.6) is 11.5 Å². The maximum absolute atomic E-state index is 12.9. The average Bonchev–Trinajstić information content (AvgIpc) is 2.77. The summed E-state index contributed by atoms with van der Waals surface area (Å²) in [4.78, 5) is 38.8. The lowest BCUT2D eigenvalue weighted by Gasteiger charge is -2.41. The van der Waals surface area contributed by atoms with E-state index in [1.54, 1.807) is 44.2 Å². The molecule has 8 nitrogen and oxygen atoms in total. The minimum atomic E-state index is -1.11. The van der Waals surface area contributed by atoms with Crippen LogP contribution < -0.4 is 19.7 Å². The number of benzene rings is 2. The molecule has 0 atom stereocenters. The number of carbonyl (C=O) groups is 3. The third-order valence-electron chi connectivity index (χ3n) is 5.05. The van der Waals surface area contributed by atoms with Gasteiger partial charge in [-0.15, -0.1) is 0 Å². The lowest BCUT2D eigenvalue weighted by Crippen LogP contribution is -2.59. The maximum Gasteiger partial charge on any atom is 0.306 e. The van der Waals surface area contributed by atoms with E-state index >= 15 is 0 Å². The zero-order valence-corrected chi connectivity index (χ0v) is 18.6. The van der Waals surface area contributed by atoms with E-state index < -0.39 is 24.0 Å². The van der Waals surface area contributed by atoms with Crippen LogP contribution in [0.25, 0.3) is 0 Å². The molecule has 0 saturated heterocycles. The zero-order chi connectivity index (χ0) is 23.1. The number of fused-ring (bicyclic) bond motifs is 1. The third-order valence-corrected chi connectivity index (χ3v) is 5.05. The van der Waals surface area contributed by atoms with Crippen LogP contribution in [-0.2, 0) is 19.1 Å². The highest BCUT2D eigenvalue weighted by molar-refractivity contribution is 6.14. The van der Waals surface area contributed by atoms with Gasteiger partial charge in [-0.3, -0.25) is 19.3 Å². The van der Waals surface area contributed by atoms with Gasteiger partial charge in [-0.1, -0.05) is 24.3 Å². The number of hydrogen-bond acceptors (Lipinski definition) is 6. The molecule has 2 aromatic carbocycles. The van der Waals surface area contributed by atoms with E-state index in [4.69, 9.17) is 14.2 Å². The Hall–Kier alpha value is -3.55. The number of para-hydroxylation sites is 4. The van der Waals surface area contributed by atoms with E-state index in [1.807, 2.05) is 25.1 Å². The van der Waals surface area contributed by atoms with Crippen LogP contribution in [0.3, 0.4) is 0 Å². The molecule has 1 aliphatic rings. The first kappa shape index (κ1) is 23.1. The van der Waals surface area contributed by atoms with Crippen LogP contribution in [0.2, 0.25) is 0 Å². The number of esters is 1. The van der Waals surface area contributed by atoms with E-state index in [9.17, 15) is 14.4 Å². The van der Waals surface area contributed by atoms with Crippen molar-refractivity contribution in [3.63, 3.8) is 0 Å². The van der Waals surface area contributed by atoms with E-state index in [1.165, 1.54) is 4.90 Å². The lowest BCUT2D eigenvalue weighted by molar-refractivity contribution is -0.148. The Balaban J connectivity index is 1.50. The molecular formula is C24H28N2O6. The largest absolute Gasteiger partial charge is 0.490 e. The summed E-state index contributed by atoms with van der Waals surface area (Å²) in [7, 11) is 0. The van der Waals surface area contributed by atoms with Gasteiger partial charge in [0.05, 0.1) is 24.6 Å². The minimum absolute atomic E-state index is 0.102. The molecular weight excluding hydrogens is 412 g/mol. The monoisotopic (exact) mass is 440 g/mol. The first-order valence-electron chi connectivity index (χ1n) is 10.6. The number of hydrogen-bond donors (Lipinski definition) is 1. The van der Waals surface area contributed by atoms with Crippen molar-refractivity contribution in [1.29, 1.82) is 0 Å². The average molecular weight is 440 g/mol. The van der Waals surface area contributed by atoms with Gasteiger partial charge in [0.25, 0.3) is 5.91 Å². The van der Waals surface area contributed by atoms with Gasteiger partial charge >= 0.3 is 5.97 Å². The van der Waals surface area contributed by atoms with E-state index in [-0.39, 0.29) is 12.3 Å². The molecule has 0 aromatic heterocycles. The molecule has 0 fully saturated rings. The van der Waals surface area contributed by atoms with Gasteiger partial charge in [0.2, 0.25) is 5.91 Å². The lowest BCUT2D eigenvalue weighted by atomic mass is 9.96. The van der Waals surface area contributed by atoms with Crippen LogP contribution in [0, 0.1) is 0 Å². The molecule has 0 spiro atoms. The minimum Gasteiger partial charge on any atom is -0.490 e. The summed E-state index contributed by atoms with van der Waals surface area (Å²) in [5.74, 6) is -0.0145. The normalized spacial score (nSPS) is 14.2. The molecule has 8 heteroatoms. The van der Waals surface area contributed by atoms with Gasteiger partial charge in [-0.05, 0) is 51.5 Å². The molecule has 2 amide bonds. The quantitative estimate of drug-likeness (QED) is 0.473. The maximum atomic E-state index is 12.9. The highest BCUT2D eigenvalue weighted by atomic mass is 16.5. The fraction of sp³-hybridized carbons (Fsp3) is 0.375. The highest BCUT2D eigenvalue weighted by Crippen LogP contribution is 2.36. The number of rotatable bonds is 9. The highest BCUT2D eigenvalue weighted by Gasteiger charge is 2.43. The Labute approximate surface area is 187 Å². The van der Waals surface area contributed by atoms with Crippen molar-refractivity contribution >= 4 is 29.2 Å². The first-order chi connectivity index (χ1) is 15.3. The van der Waals surface area contributed by atoms with Crippen LogP contribution in [0.4, 0.5) is 11.4 Å². The van der Waals surface area contributed by atoms with Crippen molar-refractivity contribution in [2.24, 2.45) is 0 Å². The Bertz CT molecular complexity index is 988. The Morgan fingerprint density at radius 3 is 2.38 bits per heavy atom. The SMILES string of the molecule is CCOc1ccccc1OCCCC(=O)OCC(=O)N1c2ccccc2NC(=O)C1(C)C. The predicted molar refractivity (Wildman–Crippen MR) is 120 cm³/mol. The third kappa shape index (κ3) is 5.19. The standard InChI is InChI=1S/C24H28N2O6/c1-4-30-19-12-7-8-13-20(19)31-15-9-14-22(28)32-16-21(27)26-18-11-6-5-10-17(18)25-23(29)24(26,2)3/h5-8,10-13H,4,9,14-16H2,1-3H3,(H,25,29).